The maximum Gasteiger partial charge on any atom is 0.332 e. The van der Waals surface area contributed by atoms with Crippen LogP contribution in [0.5, 0.6) is 0 Å². The van der Waals surface area contributed by atoms with E-state index in [0.29, 0.717) is 12.2 Å². The number of carbonyl (C=O) groups is 2. The third kappa shape index (κ3) is 2.46. The Hall–Kier alpha value is -1.88. The van der Waals surface area contributed by atoms with E-state index in [-0.39, 0.29) is 24.5 Å². The molecular weight excluding hydrogens is 242 g/mol. The molecule has 1 saturated heterocycles. The Kier molecular flexibility index (Phi) is 3.85. The van der Waals surface area contributed by atoms with Crippen LogP contribution < -0.4 is 10.6 Å². The van der Waals surface area contributed by atoms with Crippen molar-refractivity contribution in [3.05, 3.63) is 29.8 Å². The molecule has 1 heterocycles. The quantitative estimate of drug-likeness (QED) is 0.839. The molecule has 5 nitrogen and oxygen atoms in total. The van der Waals surface area contributed by atoms with Crippen molar-refractivity contribution < 1.29 is 9.59 Å². The van der Waals surface area contributed by atoms with Gasteiger partial charge in [-0.3, -0.25) is 4.79 Å². The molecule has 0 radical (unpaired) electrons. The van der Waals surface area contributed by atoms with Crippen LogP contribution in [0.1, 0.15) is 25.8 Å². The summed E-state index contributed by atoms with van der Waals surface area (Å²) in [6.45, 7) is 4.49. The number of benzene rings is 1. The second-order valence-electron chi connectivity index (χ2n) is 4.77. The molecule has 0 saturated carbocycles. The van der Waals surface area contributed by atoms with E-state index in [2.05, 4.69) is 0 Å². The number of nitrogens with two attached hydrogens (primary N) is 1. The maximum absolute atomic E-state index is 12.3. The lowest BCUT2D eigenvalue weighted by Crippen LogP contribution is -2.37. The smallest absolute Gasteiger partial charge is 0.326 e. The van der Waals surface area contributed by atoms with Crippen LogP contribution in [-0.4, -0.2) is 29.4 Å². The molecule has 1 atom stereocenters. The number of nitrogens with zero attached hydrogens (tertiary/aromatic N) is 2. The lowest BCUT2D eigenvalue weighted by molar-refractivity contribution is -0.116. The molecule has 102 valence electrons. The summed E-state index contributed by atoms with van der Waals surface area (Å²) in [5, 5.41) is 0. The first-order valence-electron chi connectivity index (χ1n) is 6.51. The fourth-order valence-corrected chi connectivity index (χ4v) is 2.16. The molecule has 0 aromatic heterocycles. The van der Waals surface area contributed by atoms with Crippen LogP contribution in [0.25, 0.3) is 0 Å². The largest absolute Gasteiger partial charge is 0.332 e. The van der Waals surface area contributed by atoms with Gasteiger partial charge in [-0.25, -0.2) is 9.69 Å². The summed E-state index contributed by atoms with van der Waals surface area (Å²) in [4.78, 5) is 27.2. The lowest BCUT2D eigenvalue weighted by Gasteiger charge is -2.22. The van der Waals surface area contributed by atoms with Gasteiger partial charge in [-0.05, 0) is 31.0 Å². The molecular formula is C14H19N3O2. The molecule has 0 bridgehead atoms. The fraction of sp³-hybridized carbons (Fsp3) is 0.429. The van der Waals surface area contributed by atoms with E-state index in [9.17, 15) is 9.59 Å². The summed E-state index contributed by atoms with van der Waals surface area (Å²) < 4.78 is 0. The number of urea groups is 1. The molecule has 1 aromatic carbocycles. The van der Waals surface area contributed by atoms with Crippen LogP contribution in [0.3, 0.4) is 0 Å². The number of rotatable bonds is 4. The highest BCUT2D eigenvalue weighted by molar-refractivity contribution is 6.19. The number of anilines is 1. The average Bonchev–Trinajstić information content (AvgIpc) is 2.73. The molecule has 5 heteroatoms. The monoisotopic (exact) mass is 261 g/mol. The van der Waals surface area contributed by atoms with Gasteiger partial charge in [0, 0.05) is 12.6 Å². The highest BCUT2D eigenvalue weighted by Crippen LogP contribution is 2.24. The number of imide groups is 1. The van der Waals surface area contributed by atoms with Gasteiger partial charge in [-0.1, -0.05) is 19.1 Å². The molecule has 0 spiro atoms. The zero-order valence-corrected chi connectivity index (χ0v) is 11.3. The van der Waals surface area contributed by atoms with Gasteiger partial charge in [0.1, 0.15) is 6.54 Å². The second-order valence-corrected chi connectivity index (χ2v) is 4.77. The minimum atomic E-state index is -0.242. The van der Waals surface area contributed by atoms with E-state index >= 15 is 0 Å². The first-order chi connectivity index (χ1) is 9.08. The molecule has 1 aliphatic heterocycles. The summed E-state index contributed by atoms with van der Waals surface area (Å²) in [5.74, 6) is -0.181. The van der Waals surface area contributed by atoms with Crippen molar-refractivity contribution in [1.82, 2.24) is 4.90 Å². The van der Waals surface area contributed by atoms with Gasteiger partial charge in [-0.2, -0.15) is 0 Å². The molecule has 19 heavy (non-hydrogen) atoms. The summed E-state index contributed by atoms with van der Waals surface area (Å²) in [7, 11) is 0. The molecule has 1 fully saturated rings. The zero-order valence-electron chi connectivity index (χ0n) is 11.3. The first-order valence-corrected chi connectivity index (χ1v) is 6.51. The number of carbonyl (C=O) groups excluding carboxylic acids is 2. The van der Waals surface area contributed by atoms with E-state index in [1.165, 1.54) is 4.90 Å². The molecule has 3 amide bonds. The Bertz CT molecular complexity index is 501. The topological polar surface area (TPSA) is 66.6 Å². The van der Waals surface area contributed by atoms with Crippen molar-refractivity contribution in [3.8, 4) is 0 Å². The third-order valence-corrected chi connectivity index (χ3v) is 3.52. The van der Waals surface area contributed by atoms with E-state index in [0.717, 1.165) is 12.0 Å². The Balaban J connectivity index is 2.29. The van der Waals surface area contributed by atoms with Crippen LogP contribution in [0.2, 0.25) is 0 Å². The van der Waals surface area contributed by atoms with Gasteiger partial charge in [0.2, 0.25) is 0 Å². The minimum absolute atomic E-state index is 0.0686. The normalized spacial score (nSPS) is 17.2. The Morgan fingerprint density at radius 3 is 2.74 bits per heavy atom. The highest BCUT2D eigenvalue weighted by Gasteiger charge is 2.38. The lowest BCUT2D eigenvalue weighted by atomic mass is 10.2. The maximum atomic E-state index is 12.3. The fourth-order valence-electron chi connectivity index (χ4n) is 2.16. The van der Waals surface area contributed by atoms with Crippen molar-refractivity contribution in [1.29, 1.82) is 0 Å². The van der Waals surface area contributed by atoms with Crippen molar-refractivity contribution in [2.75, 3.05) is 11.4 Å². The standard InChI is InChI=1S/C14H19N3O2/c1-3-10(2)16-9-13(18)17(14(16)19)12-6-4-5-11(7-12)8-15/h4-7,10H,3,8-9,15H2,1-2H3. The Labute approximate surface area is 113 Å². The molecule has 1 unspecified atom stereocenters. The van der Waals surface area contributed by atoms with Crippen LogP contribution >= 0.6 is 0 Å². The number of amides is 3. The molecule has 1 aliphatic rings. The van der Waals surface area contributed by atoms with Gasteiger partial charge in [-0.15, -0.1) is 0 Å². The van der Waals surface area contributed by atoms with Gasteiger partial charge >= 0.3 is 6.03 Å². The van der Waals surface area contributed by atoms with Crippen molar-refractivity contribution >= 4 is 17.6 Å². The predicted molar refractivity (Wildman–Crippen MR) is 73.7 cm³/mol. The molecule has 0 aliphatic carbocycles. The van der Waals surface area contributed by atoms with Gasteiger partial charge in [0.05, 0.1) is 5.69 Å². The highest BCUT2D eigenvalue weighted by atomic mass is 16.2. The average molecular weight is 261 g/mol. The summed E-state index contributed by atoms with van der Waals surface area (Å²) in [6, 6.07) is 7.06. The summed E-state index contributed by atoms with van der Waals surface area (Å²) in [5.41, 5.74) is 7.09. The summed E-state index contributed by atoms with van der Waals surface area (Å²) >= 11 is 0. The zero-order chi connectivity index (χ0) is 14.0. The Morgan fingerprint density at radius 1 is 1.37 bits per heavy atom. The first kappa shape index (κ1) is 13.5. The van der Waals surface area contributed by atoms with Crippen LogP contribution in [-0.2, 0) is 11.3 Å². The number of hydrogen-bond acceptors (Lipinski definition) is 3. The van der Waals surface area contributed by atoms with Crippen LogP contribution in [0, 0.1) is 0 Å². The van der Waals surface area contributed by atoms with Crippen LogP contribution in [0.15, 0.2) is 24.3 Å². The minimum Gasteiger partial charge on any atom is -0.326 e. The third-order valence-electron chi connectivity index (χ3n) is 3.52. The second kappa shape index (κ2) is 5.40. The van der Waals surface area contributed by atoms with E-state index in [1.54, 1.807) is 17.0 Å². The van der Waals surface area contributed by atoms with Crippen LogP contribution in [0.4, 0.5) is 10.5 Å². The van der Waals surface area contributed by atoms with Crippen molar-refractivity contribution in [3.63, 3.8) is 0 Å². The molecule has 2 N–H and O–H groups in total. The van der Waals surface area contributed by atoms with E-state index in [1.807, 2.05) is 26.0 Å². The van der Waals surface area contributed by atoms with Gasteiger partial charge in [0.15, 0.2) is 0 Å². The summed E-state index contributed by atoms with van der Waals surface area (Å²) in [6.07, 6.45) is 0.829. The van der Waals surface area contributed by atoms with Gasteiger partial charge in [0.25, 0.3) is 5.91 Å². The van der Waals surface area contributed by atoms with E-state index in [4.69, 9.17) is 5.73 Å². The SMILES string of the molecule is CCC(C)N1CC(=O)N(c2cccc(CN)c2)C1=O. The van der Waals surface area contributed by atoms with Crippen molar-refractivity contribution in [2.45, 2.75) is 32.9 Å². The van der Waals surface area contributed by atoms with Crippen molar-refractivity contribution in [2.24, 2.45) is 5.73 Å². The van der Waals surface area contributed by atoms with Gasteiger partial charge < -0.3 is 10.6 Å². The Morgan fingerprint density at radius 2 is 2.11 bits per heavy atom. The number of hydrogen-bond donors (Lipinski definition) is 1. The molecule has 2 rings (SSSR count). The predicted octanol–water partition coefficient (Wildman–Crippen LogP) is 1.71. The van der Waals surface area contributed by atoms with E-state index < -0.39 is 0 Å². The molecule has 1 aromatic rings.